The first kappa shape index (κ1) is 82.3. The van der Waals surface area contributed by atoms with Crippen molar-refractivity contribution in [3.63, 3.8) is 0 Å². The molecule has 14 nitrogen and oxygen atoms in total. The smallest absolute Gasteiger partial charge is 0.266 e. The molecule has 126 heavy (non-hydrogen) atoms. The van der Waals surface area contributed by atoms with E-state index in [0.29, 0.717) is 49.8 Å². The first-order valence-corrected chi connectivity index (χ1v) is 43.8. The third-order valence-corrected chi connectivity index (χ3v) is 25.5. The fraction of sp³-hybridized carbons (Fsp3) is 0.188. The van der Waals surface area contributed by atoms with Gasteiger partial charge >= 0.3 is 0 Å². The van der Waals surface area contributed by atoms with Crippen LogP contribution >= 0.6 is 0 Å². The van der Waals surface area contributed by atoms with Crippen LogP contribution in [0, 0.1) is 0 Å². The van der Waals surface area contributed by atoms with Crippen molar-refractivity contribution in [2.24, 2.45) is 0 Å². The molecule has 6 amide bonds. The van der Waals surface area contributed by atoms with Crippen molar-refractivity contribution >= 4 is 120 Å². The van der Waals surface area contributed by atoms with Crippen LogP contribution in [0.25, 0.3) is 27.5 Å². The number of para-hydroxylation sites is 11. The van der Waals surface area contributed by atoms with E-state index in [1.165, 1.54) is 25.8 Å². The monoisotopic (exact) mass is 1650 g/mol. The fourth-order valence-electron chi connectivity index (χ4n) is 19.6. The number of pyridine rings is 1. The number of benzene rings is 14. The maximum absolute atomic E-state index is 14.4. The van der Waals surface area contributed by atoms with Gasteiger partial charge in [-0.05, 0) is 213 Å². The molecule has 5 aliphatic rings. The maximum Gasteiger partial charge on any atom is 0.266 e. The van der Waals surface area contributed by atoms with Crippen molar-refractivity contribution in [3.8, 4) is 5.69 Å². The lowest BCUT2D eigenvalue weighted by molar-refractivity contribution is 0.0909. The summed E-state index contributed by atoms with van der Waals surface area (Å²) >= 11 is 0. The van der Waals surface area contributed by atoms with Crippen LogP contribution in [0.15, 0.2) is 320 Å². The summed E-state index contributed by atoms with van der Waals surface area (Å²) in [7, 11) is 0. The van der Waals surface area contributed by atoms with Crippen LogP contribution in [0.2, 0.25) is 0 Å². The summed E-state index contributed by atoms with van der Waals surface area (Å²) in [6, 6.07) is 105. The molecule has 0 bridgehead atoms. The Morgan fingerprint density at radius 1 is 0.246 bits per heavy atom. The molecular formula is C112H99N7O7. The molecule has 0 atom stereocenters. The fourth-order valence-corrected chi connectivity index (χ4v) is 19.6. The van der Waals surface area contributed by atoms with Crippen LogP contribution in [0.1, 0.15) is 243 Å². The van der Waals surface area contributed by atoms with Crippen molar-refractivity contribution < 1.29 is 28.8 Å². The lowest BCUT2D eigenvalue weighted by Crippen LogP contribution is -2.37. The van der Waals surface area contributed by atoms with Crippen LogP contribution in [0.5, 0.6) is 0 Å². The van der Waals surface area contributed by atoms with E-state index in [-0.39, 0.29) is 76.4 Å². The van der Waals surface area contributed by atoms with Gasteiger partial charge in [0.05, 0.1) is 101 Å². The van der Waals surface area contributed by atoms with Gasteiger partial charge in [-0.25, -0.2) is 14.7 Å². The molecule has 0 saturated heterocycles. The van der Waals surface area contributed by atoms with Crippen molar-refractivity contribution in [3.05, 3.63) is 415 Å². The minimum Gasteiger partial charge on any atom is -0.338 e. The van der Waals surface area contributed by atoms with E-state index < -0.39 is 5.41 Å². The molecule has 20 rings (SSSR count). The standard InChI is InChI=1S/C45H38N2O2.C34H33N3O2.C33H28N2O3/c1-29(2)34-20-15-21-35(30(3)4)42(34)47-43(48)36-27-26-33(28-37(36)44(47)49)46-40-24-13-11-22-38(40)45(31-16-7-5-8-17-31,32-18-9-6-10-19-32)39-23-12-14-25-41(39)46;1-6-35-28-14-7-9-16-30(28)36(31-17-10-8-15-29(31)35)23-18-19-26-27(20-23)34(39)37(33(26)38)32-24(21(2)3)12-11-13-25(32)22(4)5;1-19(2)22-12-9-13-23(20(3)4)30(22)35-32(37)24-17-16-21(18-27(24)33(35)38)34-28-14-7-5-10-25(28)31(36)26-11-6-8-15-29(26)34/h5-30H,1-4H3;7-22H,6H2,1-5H3;5-20H,1-4H3. The summed E-state index contributed by atoms with van der Waals surface area (Å²) in [5.74, 6) is -0.792. The molecule has 0 fully saturated rings. The number of carbonyl (C=O) groups is 6. The molecule has 14 aromatic carbocycles. The second-order valence-electron chi connectivity index (χ2n) is 34.9. The Bertz CT molecular complexity index is 6740. The van der Waals surface area contributed by atoms with E-state index in [0.717, 1.165) is 125 Å². The van der Waals surface area contributed by atoms with Gasteiger partial charge in [0.15, 0.2) is 5.43 Å². The normalized spacial score (nSPS) is 14.2. The van der Waals surface area contributed by atoms with Crippen LogP contribution in [-0.4, -0.2) is 46.6 Å². The van der Waals surface area contributed by atoms with Gasteiger partial charge in [0.2, 0.25) is 0 Å². The molecule has 0 radical (unpaired) electrons. The Balaban J connectivity index is 0.000000130. The minimum atomic E-state index is -0.584. The Morgan fingerprint density at radius 2 is 0.516 bits per heavy atom. The average molecular weight is 1660 g/mol. The lowest BCUT2D eigenvalue weighted by Gasteiger charge is -2.46. The van der Waals surface area contributed by atoms with Gasteiger partial charge in [-0.1, -0.05) is 283 Å². The summed E-state index contributed by atoms with van der Waals surface area (Å²) in [6.07, 6.45) is 0. The van der Waals surface area contributed by atoms with Crippen molar-refractivity contribution in [1.82, 2.24) is 4.57 Å². The number of rotatable bonds is 15. The molecule has 624 valence electrons. The number of aromatic nitrogens is 1. The summed E-state index contributed by atoms with van der Waals surface area (Å²) in [4.78, 5) is 108. The molecule has 0 unspecified atom stereocenters. The van der Waals surface area contributed by atoms with Crippen LogP contribution in [0.4, 0.5) is 62.6 Å². The SMILES string of the molecule is CC(C)c1cccc(C(C)C)c1N1C(=O)c2ccc(-n3c4ccccc4c(=O)c4ccccc43)cc2C1=O.CC(C)c1cccc(C(C)C)c1N1C(=O)c2ccc(N3c4ccccc4C(c4ccccc4)(c4ccccc4)c4ccccc43)cc2C1=O.CCN1c2ccccc2N(c2ccc3c(c2)C(=O)N(c2c(C(C)C)cccc2C(C)C)C3=O)c2ccccc21. The highest BCUT2D eigenvalue weighted by Gasteiger charge is 2.49. The zero-order valence-electron chi connectivity index (χ0n) is 73.2. The van der Waals surface area contributed by atoms with Crippen LogP contribution < -0.4 is 34.8 Å². The Morgan fingerprint density at radius 3 is 0.849 bits per heavy atom. The summed E-state index contributed by atoms with van der Waals surface area (Å²) in [5.41, 5.74) is 24.9. The highest BCUT2D eigenvalue weighted by Crippen LogP contribution is 2.59. The number of anilines is 11. The average Bonchev–Trinajstić information content (AvgIpc) is 0.867. The van der Waals surface area contributed by atoms with Crippen LogP contribution in [-0.2, 0) is 5.41 Å². The van der Waals surface area contributed by atoms with Gasteiger partial charge in [-0.2, -0.15) is 0 Å². The van der Waals surface area contributed by atoms with Crippen molar-refractivity contribution in [2.45, 2.75) is 131 Å². The van der Waals surface area contributed by atoms with Gasteiger partial charge in [0.25, 0.3) is 35.4 Å². The van der Waals surface area contributed by atoms with Crippen LogP contribution in [0.3, 0.4) is 0 Å². The molecule has 15 aromatic rings. The van der Waals surface area contributed by atoms with E-state index in [2.05, 4.69) is 250 Å². The molecule has 1 aromatic heterocycles. The number of fused-ring (bicyclic) bond motifs is 9. The first-order chi connectivity index (χ1) is 61.0. The van der Waals surface area contributed by atoms with Gasteiger partial charge in [0, 0.05) is 34.4 Å². The number of amides is 6. The number of hydrogen-bond acceptors (Lipinski definition) is 10. The van der Waals surface area contributed by atoms with Gasteiger partial charge in [0.1, 0.15) is 0 Å². The Kier molecular flexibility index (Phi) is 21.5. The number of nitrogens with zero attached hydrogens (tertiary/aromatic N) is 7. The van der Waals surface area contributed by atoms with E-state index in [9.17, 15) is 33.6 Å². The highest BCUT2D eigenvalue weighted by atomic mass is 16.2. The molecular weight excluding hydrogens is 1560 g/mol. The van der Waals surface area contributed by atoms with Crippen molar-refractivity contribution in [1.29, 1.82) is 0 Å². The molecule has 0 aliphatic carbocycles. The number of hydrogen-bond donors (Lipinski definition) is 0. The summed E-state index contributed by atoms with van der Waals surface area (Å²) in [6.45, 7) is 28.1. The molecule has 14 heteroatoms. The summed E-state index contributed by atoms with van der Waals surface area (Å²) in [5, 5.41) is 1.20. The van der Waals surface area contributed by atoms with E-state index in [1.807, 2.05) is 162 Å². The largest absolute Gasteiger partial charge is 0.338 e. The minimum absolute atomic E-state index is 0.0300. The molecule has 5 aliphatic heterocycles. The van der Waals surface area contributed by atoms with E-state index in [4.69, 9.17) is 0 Å². The highest BCUT2D eigenvalue weighted by molar-refractivity contribution is 6.37. The predicted octanol–water partition coefficient (Wildman–Crippen LogP) is 26.8. The topological polar surface area (TPSA) is 144 Å². The van der Waals surface area contributed by atoms with E-state index >= 15 is 0 Å². The molecule has 0 N–H and O–H groups in total. The van der Waals surface area contributed by atoms with Crippen molar-refractivity contribution in [2.75, 3.05) is 35.9 Å². The summed E-state index contributed by atoms with van der Waals surface area (Å²) < 4.78 is 1.99. The quantitative estimate of drug-likeness (QED) is 0.0718. The Hall–Kier alpha value is -14.6. The maximum atomic E-state index is 14.4. The van der Waals surface area contributed by atoms with Gasteiger partial charge in [-0.15, -0.1) is 0 Å². The lowest BCUT2D eigenvalue weighted by atomic mass is 9.62. The first-order valence-electron chi connectivity index (χ1n) is 43.8. The third-order valence-electron chi connectivity index (χ3n) is 25.5. The third kappa shape index (κ3) is 13.3. The molecule has 0 saturated carbocycles. The second-order valence-corrected chi connectivity index (χ2v) is 34.9. The molecule has 6 heterocycles. The zero-order valence-corrected chi connectivity index (χ0v) is 73.2. The van der Waals surface area contributed by atoms with Gasteiger partial charge in [-0.3, -0.25) is 33.6 Å². The Labute approximate surface area is 735 Å². The number of carbonyl (C=O) groups excluding carboxylic acids is 6. The van der Waals surface area contributed by atoms with Gasteiger partial charge < -0.3 is 19.3 Å². The zero-order chi connectivity index (χ0) is 88.0. The predicted molar refractivity (Wildman–Crippen MR) is 511 cm³/mol. The second kappa shape index (κ2) is 32.9. The molecule has 0 spiro atoms. The van der Waals surface area contributed by atoms with E-state index in [1.54, 1.807) is 12.1 Å². The number of imide groups is 3.